The number of anilines is 1. The van der Waals surface area contributed by atoms with E-state index in [9.17, 15) is 4.79 Å². The Morgan fingerprint density at radius 3 is 2.60 bits per heavy atom. The third-order valence-corrected chi connectivity index (χ3v) is 5.07. The number of carbonyl (C=O) groups excluding carboxylic acids is 1. The Morgan fingerprint density at radius 2 is 1.84 bits per heavy atom. The van der Waals surface area contributed by atoms with E-state index >= 15 is 0 Å². The predicted octanol–water partition coefficient (Wildman–Crippen LogP) is 4.82. The van der Waals surface area contributed by atoms with E-state index in [1.807, 2.05) is 50.2 Å². The van der Waals surface area contributed by atoms with Crippen molar-refractivity contribution in [1.29, 1.82) is 0 Å². The van der Waals surface area contributed by atoms with Gasteiger partial charge in [-0.05, 0) is 25.0 Å². The van der Waals surface area contributed by atoms with Gasteiger partial charge < -0.3 is 4.52 Å². The van der Waals surface area contributed by atoms with Crippen molar-refractivity contribution in [2.24, 2.45) is 0 Å². The molecule has 124 valence electrons. The molecule has 0 aliphatic heterocycles. The highest BCUT2D eigenvalue weighted by molar-refractivity contribution is 7.22. The molecule has 6 heteroatoms. The quantitative estimate of drug-likeness (QED) is 0.576. The van der Waals surface area contributed by atoms with Gasteiger partial charge in [0.05, 0.1) is 10.2 Å². The smallest absolute Gasteiger partial charge is 0.279 e. The third kappa shape index (κ3) is 2.92. The molecule has 2 heterocycles. The molecule has 0 bridgehead atoms. The lowest BCUT2D eigenvalue weighted by Gasteiger charge is -1.96. The first kappa shape index (κ1) is 15.5. The highest BCUT2D eigenvalue weighted by Crippen LogP contribution is 2.31. The van der Waals surface area contributed by atoms with Crippen LogP contribution in [0, 0.1) is 13.8 Å². The maximum Gasteiger partial charge on any atom is 0.279 e. The van der Waals surface area contributed by atoms with Crippen molar-refractivity contribution < 1.29 is 9.32 Å². The van der Waals surface area contributed by atoms with Crippen molar-refractivity contribution >= 4 is 32.6 Å². The molecular weight excluding hydrogens is 334 g/mol. The molecule has 1 N–H and O–H groups in total. The van der Waals surface area contributed by atoms with Crippen molar-refractivity contribution in [2.45, 2.75) is 13.8 Å². The van der Waals surface area contributed by atoms with Crippen LogP contribution in [0.1, 0.15) is 21.6 Å². The average molecular weight is 349 g/mol. The first-order valence-corrected chi connectivity index (χ1v) is 8.64. The van der Waals surface area contributed by atoms with Crippen molar-refractivity contribution in [3.8, 4) is 11.3 Å². The molecular formula is C19H15N3O2S. The molecule has 0 spiro atoms. The number of hydrogen-bond donors (Lipinski definition) is 1. The standard InChI is InChI=1S/C19H15N3O2S/c1-11-8-9-12(2)17-16(11)20-19(25-17)21-18(23)14-10-15(24-22-14)13-6-4-3-5-7-13/h3-10H,1-2H3,(H,20,21,23). The lowest BCUT2D eigenvalue weighted by atomic mass is 10.1. The normalized spacial score (nSPS) is 11.0. The fourth-order valence-electron chi connectivity index (χ4n) is 2.59. The van der Waals surface area contributed by atoms with Crippen LogP contribution in [0.5, 0.6) is 0 Å². The Balaban J connectivity index is 1.60. The summed E-state index contributed by atoms with van der Waals surface area (Å²) in [6.07, 6.45) is 0. The van der Waals surface area contributed by atoms with E-state index in [1.165, 1.54) is 11.3 Å². The minimum Gasteiger partial charge on any atom is -0.355 e. The molecule has 5 nitrogen and oxygen atoms in total. The molecule has 0 radical (unpaired) electrons. The van der Waals surface area contributed by atoms with E-state index in [4.69, 9.17) is 4.52 Å². The van der Waals surface area contributed by atoms with Crippen LogP contribution < -0.4 is 5.32 Å². The number of aryl methyl sites for hydroxylation is 2. The molecule has 0 saturated heterocycles. The van der Waals surface area contributed by atoms with Crippen LogP contribution in [-0.2, 0) is 0 Å². The van der Waals surface area contributed by atoms with Crippen LogP contribution in [0.2, 0.25) is 0 Å². The number of hydrogen-bond acceptors (Lipinski definition) is 5. The van der Waals surface area contributed by atoms with Gasteiger partial charge in [-0.1, -0.05) is 59.0 Å². The molecule has 0 unspecified atom stereocenters. The summed E-state index contributed by atoms with van der Waals surface area (Å²) >= 11 is 1.46. The number of nitrogens with zero attached hydrogens (tertiary/aromatic N) is 2. The van der Waals surface area contributed by atoms with Crippen LogP contribution in [0.15, 0.2) is 53.1 Å². The Kier molecular flexibility index (Phi) is 3.82. The maximum absolute atomic E-state index is 12.4. The minimum atomic E-state index is -0.333. The van der Waals surface area contributed by atoms with Crippen LogP contribution in [0.3, 0.4) is 0 Å². The van der Waals surface area contributed by atoms with Crippen LogP contribution >= 0.6 is 11.3 Å². The van der Waals surface area contributed by atoms with Gasteiger partial charge in [0.25, 0.3) is 5.91 Å². The van der Waals surface area contributed by atoms with Gasteiger partial charge in [-0.3, -0.25) is 10.1 Å². The van der Waals surface area contributed by atoms with Gasteiger partial charge in [-0.25, -0.2) is 4.98 Å². The lowest BCUT2D eigenvalue weighted by Crippen LogP contribution is -2.11. The Hall–Kier alpha value is -2.99. The molecule has 0 fully saturated rings. The average Bonchev–Trinajstić information content (AvgIpc) is 3.27. The Bertz CT molecular complexity index is 1030. The number of fused-ring (bicyclic) bond motifs is 1. The van der Waals surface area contributed by atoms with E-state index in [0.29, 0.717) is 10.9 Å². The van der Waals surface area contributed by atoms with Gasteiger partial charge in [0.15, 0.2) is 16.6 Å². The fraction of sp³-hybridized carbons (Fsp3) is 0.105. The molecule has 0 aliphatic rings. The van der Waals surface area contributed by atoms with E-state index in [1.54, 1.807) is 6.07 Å². The van der Waals surface area contributed by atoms with E-state index < -0.39 is 0 Å². The summed E-state index contributed by atoms with van der Waals surface area (Å²) in [4.78, 5) is 17.0. The Morgan fingerprint density at radius 1 is 1.08 bits per heavy atom. The largest absolute Gasteiger partial charge is 0.355 e. The number of thiazole rings is 1. The highest BCUT2D eigenvalue weighted by atomic mass is 32.1. The molecule has 1 amide bonds. The molecule has 2 aromatic heterocycles. The van der Waals surface area contributed by atoms with Crippen molar-refractivity contribution in [3.63, 3.8) is 0 Å². The fourth-order valence-corrected chi connectivity index (χ4v) is 3.60. The number of nitrogens with one attached hydrogen (secondary N) is 1. The SMILES string of the molecule is Cc1ccc(C)c2sc(NC(=O)c3cc(-c4ccccc4)on3)nc12. The summed E-state index contributed by atoms with van der Waals surface area (Å²) < 4.78 is 6.36. The van der Waals surface area contributed by atoms with Crippen LogP contribution in [-0.4, -0.2) is 16.0 Å². The van der Waals surface area contributed by atoms with Crippen LogP contribution in [0.4, 0.5) is 5.13 Å². The van der Waals surface area contributed by atoms with E-state index in [0.717, 1.165) is 26.9 Å². The monoisotopic (exact) mass is 349 g/mol. The zero-order valence-electron chi connectivity index (χ0n) is 13.7. The Labute approximate surface area is 148 Å². The summed E-state index contributed by atoms with van der Waals surface area (Å²) in [6, 6.07) is 15.3. The molecule has 0 saturated carbocycles. The molecule has 0 atom stereocenters. The van der Waals surface area contributed by atoms with Crippen LogP contribution in [0.25, 0.3) is 21.5 Å². The molecule has 0 aliphatic carbocycles. The summed E-state index contributed by atoms with van der Waals surface area (Å²) in [6.45, 7) is 4.05. The van der Waals surface area contributed by atoms with Crippen molar-refractivity contribution in [3.05, 3.63) is 65.4 Å². The second-order valence-electron chi connectivity index (χ2n) is 5.79. The molecule has 2 aromatic carbocycles. The summed E-state index contributed by atoms with van der Waals surface area (Å²) in [5.41, 5.74) is 4.26. The van der Waals surface area contributed by atoms with E-state index in [2.05, 4.69) is 21.5 Å². The second-order valence-corrected chi connectivity index (χ2v) is 6.79. The van der Waals surface area contributed by atoms with Gasteiger partial charge in [0, 0.05) is 11.6 Å². The second kappa shape index (κ2) is 6.14. The lowest BCUT2D eigenvalue weighted by molar-refractivity contribution is 0.101. The number of carbonyl (C=O) groups is 1. The number of benzene rings is 2. The van der Waals surface area contributed by atoms with Gasteiger partial charge >= 0.3 is 0 Å². The van der Waals surface area contributed by atoms with Gasteiger partial charge in [-0.15, -0.1) is 0 Å². The van der Waals surface area contributed by atoms with E-state index in [-0.39, 0.29) is 11.6 Å². The zero-order chi connectivity index (χ0) is 17.4. The molecule has 4 aromatic rings. The third-order valence-electron chi connectivity index (χ3n) is 3.96. The highest BCUT2D eigenvalue weighted by Gasteiger charge is 2.16. The number of amides is 1. The minimum absolute atomic E-state index is 0.228. The maximum atomic E-state index is 12.4. The summed E-state index contributed by atoms with van der Waals surface area (Å²) in [5.74, 6) is 0.224. The zero-order valence-corrected chi connectivity index (χ0v) is 14.6. The molecule has 25 heavy (non-hydrogen) atoms. The number of rotatable bonds is 3. The molecule has 4 rings (SSSR count). The first-order valence-electron chi connectivity index (χ1n) is 7.82. The van der Waals surface area contributed by atoms with Gasteiger partial charge in [0.2, 0.25) is 0 Å². The first-order chi connectivity index (χ1) is 12.1. The van der Waals surface area contributed by atoms with Crippen molar-refractivity contribution in [1.82, 2.24) is 10.1 Å². The van der Waals surface area contributed by atoms with Crippen molar-refractivity contribution in [2.75, 3.05) is 5.32 Å². The summed E-state index contributed by atoms with van der Waals surface area (Å²) in [5, 5.41) is 7.24. The predicted molar refractivity (Wildman–Crippen MR) is 99.0 cm³/mol. The summed E-state index contributed by atoms with van der Waals surface area (Å²) in [7, 11) is 0. The topological polar surface area (TPSA) is 68.0 Å². The number of aromatic nitrogens is 2. The van der Waals surface area contributed by atoms with Gasteiger partial charge in [-0.2, -0.15) is 0 Å². The van der Waals surface area contributed by atoms with Gasteiger partial charge in [0.1, 0.15) is 0 Å².